The van der Waals surface area contributed by atoms with E-state index in [1.165, 1.54) is 11.1 Å². The molecule has 1 aliphatic carbocycles. The summed E-state index contributed by atoms with van der Waals surface area (Å²) in [5.41, 5.74) is 4.24. The van der Waals surface area contributed by atoms with Gasteiger partial charge in [-0.15, -0.1) is 0 Å². The number of aliphatic hydroxyl groups excluding tert-OH is 1. The molecular weight excluding hydrogens is 394 g/mol. The van der Waals surface area contributed by atoms with E-state index in [0.717, 1.165) is 36.8 Å². The topological polar surface area (TPSA) is 82.8 Å². The van der Waals surface area contributed by atoms with Gasteiger partial charge in [0.05, 0.1) is 0 Å². The van der Waals surface area contributed by atoms with E-state index >= 15 is 0 Å². The summed E-state index contributed by atoms with van der Waals surface area (Å²) >= 11 is 0. The maximum absolute atomic E-state index is 13.7. The maximum Gasteiger partial charge on any atom is 0.263 e. The van der Waals surface area contributed by atoms with Crippen molar-refractivity contribution >= 4 is 11.8 Å². The second-order valence-corrected chi connectivity index (χ2v) is 8.74. The van der Waals surface area contributed by atoms with Crippen molar-refractivity contribution in [3.63, 3.8) is 0 Å². The van der Waals surface area contributed by atoms with Crippen LogP contribution in [0, 0.1) is 0 Å². The predicted octanol–water partition coefficient (Wildman–Crippen LogP) is 1.30. The highest BCUT2D eigenvalue weighted by molar-refractivity contribution is 5.96. The average molecular weight is 421 g/mol. The van der Waals surface area contributed by atoms with E-state index in [-0.39, 0.29) is 29.0 Å². The van der Waals surface area contributed by atoms with Crippen molar-refractivity contribution in [2.24, 2.45) is 0 Å². The summed E-state index contributed by atoms with van der Waals surface area (Å²) in [7, 11) is 0. The van der Waals surface area contributed by atoms with Crippen LogP contribution < -0.4 is 5.56 Å². The fourth-order valence-electron chi connectivity index (χ4n) is 4.86. The second-order valence-electron chi connectivity index (χ2n) is 8.74. The summed E-state index contributed by atoms with van der Waals surface area (Å²) in [6.45, 7) is 1.39. The molecule has 7 heteroatoms. The molecule has 1 aromatic carbocycles. The molecule has 1 saturated carbocycles. The zero-order valence-electron chi connectivity index (χ0n) is 17.5. The van der Waals surface area contributed by atoms with Gasteiger partial charge in [-0.25, -0.2) is 0 Å². The molecule has 0 unspecified atom stereocenters. The second kappa shape index (κ2) is 7.96. The highest BCUT2D eigenvalue weighted by Gasteiger charge is 2.34. The molecule has 162 valence electrons. The monoisotopic (exact) mass is 421 g/mol. The van der Waals surface area contributed by atoms with E-state index in [9.17, 15) is 19.5 Å². The van der Waals surface area contributed by atoms with Gasteiger partial charge in [0.1, 0.15) is 12.2 Å². The van der Waals surface area contributed by atoms with Gasteiger partial charge in [-0.1, -0.05) is 24.3 Å². The highest BCUT2D eigenvalue weighted by atomic mass is 16.3. The van der Waals surface area contributed by atoms with Gasteiger partial charge < -0.3 is 19.5 Å². The third-order valence-corrected chi connectivity index (χ3v) is 6.78. The predicted molar refractivity (Wildman–Crippen MR) is 115 cm³/mol. The minimum Gasteiger partial charge on any atom is -0.387 e. The lowest BCUT2D eigenvalue weighted by molar-refractivity contribution is -0.135. The number of carbonyl (C=O) groups excluding carboxylic acids is 2. The van der Waals surface area contributed by atoms with Gasteiger partial charge in [0.25, 0.3) is 11.5 Å². The van der Waals surface area contributed by atoms with Crippen LogP contribution in [0.2, 0.25) is 0 Å². The molecule has 0 spiro atoms. The number of rotatable bonds is 3. The quantitative estimate of drug-likeness (QED) is 0.810. The first-order valence-corrected chi connectivity index (χ1v) is 11.1. The van der Waals surface area contributed by atoms with Crippen molar-refractivity contribution in [1.82, 2.24) is 14.4 Å². The molecule has 2 aromatic rings. The molecule has 5 rings (SSSR count). The standard InChI is InChI=1S/C24H27N3O4/c28-15-21(29)26-12-9-20-18(13-26)14-27(19-5-6-19)24(31)22(20)23(30)25-10-7-16-3-1-2-4-17(16)8-11-25/h1-4,14,19,28H,5-13,15H2. The lowest BCUT2D eigenvalue weighted by atomic mass is 9.95. The van der Waals surface area contributed by atoms with Crippen LogP contribution in [0.25, 0.3) is 0 Å². The summed E-state index contributed by atoms with van der Waals surface area (Å²) in [5.74, 6) is -0.515. The zero-order valence-corrected chi connectivity index (χ0v) is 17.5. The van der Waals surface area contributed by atoms with E-state index < -0.39 is 6.61 Å². The van der Waals surface area contributed by atoms with E-state index in [4.69, 9.17) is 0 Å². The molecule has 1 fully saturated rings. The first-order chi connectivity index (χ1) is 15.1. The Morgan fingerprint density at radius 3 is 2.19 bits per heavy atom. The first-order valence-electron chi connectivity index (χ1n) is 11.1. The normalized spacial score (nSPS) is 18.2. The third-order valence-electron chi connectivity index (χ3n) is 6.78. The molecule has 0 atom stereocenters. The van der Waals surface area contributed by atoms with Crippen molar-refractivity contribution < 1.29 is 14.7 Å². The number of pyridine rings is 1. The molecule has 1 N–H and O–H groups in total. The Labute approximate surface area is 180 Å². The molecule has 3 aliphatic rings. The van der Waals surface area contributed by atoms with Crippen LogP contribution in [0.5, 0.6) is 0 Å². The third kappa shape index (κ3) is 3.67. The number of hydrogen-bond donors (Lipinski definition) is 1. The number of aliphatic hydroxyl groups is 1. The van der Waals surface area contributed by atoms with Gasteiger partial charge in [-0.05, 0) is 54.4 Å². The van der Waals surface area contributed by atoms with Gasteiger partial charge in [0.2, 0.25) is 5.91 Å². The average Bonchev–Trinajstić information content (AvgIpc) is 3.64. The fraction of sp³-hybridized carbons (Fsp3) is 0.458. The smallest absolute Gasteiger partial charge is 0.263 e. The SMILES string of the molecule is O=C(CO)N1CCc2c(cn(C3CC3)c(=O)c2C(=O)N2CCc3ccccc3CC2)C1. The van der Waals surface area contributed by atoms with Gasteiger partial charge in [-0.2, -0.15) is 0 Å². The largest absolute Gasteiger partial charge is 0.387 e. The number of benzene rings is 1. The molecule has 3 heterocycles. The maximum atomic E-state index is 13.7. The van der Waals surface area contributed by atoms with Crippen LogP contribution in [-0.4, -0.2) is 57.5 Å². The number of aromatic nitrogens is 1. The molecule has 7 nitrogen and oxygen atoms in total. The Balaban J connectivity index is 1.50. The Bertz CT molecular complexity index is 1080. The Kier molecular flexibility index (Phi) is 5.14. The molecule has 2 aliphatic heterocycles. The van der Waals surface area contributed by atoms with Crippen molar-refractivity contribution in [3.05, 3.63) is 68.6 Å². The summed E-state index contributed by atoms with van der Waals surface area (Å²) in [4.78, 5) is 42.5. The number of carbonyl (C=O) groups is 2. The van der Waals surface area contributed by atoms with Crippen molar-refractivity contribution in [1.29, 1.82) is 0 Å². The minimum absolute atomic E-state index is 0.140. The van der Waals surface area contributed by atoms with Gasteiger partial charge in [0, 0.05) is 38.4 Å². The van der Waals surface area contributed by atoms with E-state index in [0.29, 0.717) is 32.6 Å². The van der Waals surface area contributed by atoms with Crippen LogP contribution in [0.4, 0.5) is 0 Å². The lowest BCUT2D eigenvalue weighted by Gasteiger charge is -2.31. The van der Waals surface area contributed by atoms with E-state index in [1.54, 1.807) is 9.47 Å². The lowest BCUT2D eigenvalue weighted by Crippen LogP contribution is -2.43. The molecule has 0 radical (unpaired) electrons. The molecule has 0 saturated heterocycles. The van der Waals surface area contributed by atoms with Crippen LogP contribution in [0.3, 0.4) is 0 Å². The zero-order chi connectivity index (χ0) is 21.5. The van der Waals surface area contributed by atoms with E-state index in [1.807, 2.05) is 23.2 Å². The van der Waals surface area contributed by atoms with Crippen LogP contribution in [0.1, 0.15) is 51.5 Å². The molecule has 0 bridgehead atoms. The first kappa shape index (κ1) is 20.0. The summed E-state index contributed by atoms with van der Waals surface area (Å²) in [6, 6.07) is 8.41. The van der Waals surface area contributed by atoms with Crippen molar-refractivity contribution in [2.45, 2.75) is 44.7 Å². The summed E-state index contributed by atoms with van der Waals surface area (Å²) in [6.07, 6.45) is 5.73. The highest BCUT2D eigenvalue weighted by Crippen LogP contribution is 2.35. The van der Waals surface area contributed by atoms with Gasteiger partial charge in [0.15, 0.2) is 0 Å². The number of fused-ring (bicyclic) bond motifs is 2. The Morgan fingerprint density at radius 2 is 1.58 bits per heavy atom. The summed E-state index contributed by atoms with van der Waals surface area (Å²) < 4.78 is 1.70. The summed E-state index contributed by atoms with van der Waals surface area (Å²) in [5, 5.41) is 9.24. The van der Waals surface area contributed by atoms with Crippen LogP contribution in [0.15, 0.2) is 35.3 Å². The fourth-order valence-corrected chi connectivity index (χ4v) is 4.86. The van der Waals surface area contributed by atoms with Gasteiger partial charge >= 0.3 is 0 Å². The molecular formula is C24H27N3O4. The van der Waals surface area contributed by atoms with Gasteiger partial charge in [-0.3, -0.25) is 14.4 Å². The molecule has 1 aromatic heterocycles. The minimum atomic E-state index is -0.530. The Morgan fingerprint density at radius 1 is 0.935 bits per heavy atom. The number of hydrogen-bond acceptors (Lipinski definition) is 4. The Hall–Kier alpha value is -2.93. The number of nitrogens with zero attached hydrogens (tertiary/aromatic N) is 3. The van der Waals surface area contributed by atoms with Crippen molar-refractivity contribution in [3.8, 4) is 0 Å². The van der Waals surface area contributed by atoms with Crippen molar-refractivity contribution in [2.75, 3.05) is 26.2 Å². The molecule has 2 amide bonds. The van der Waals surface area contributed by atoms with Crippen LogP contribution >= 0.6 is 0 Å². The van der Waals surface area contributed by atoms with E-state index in [2.05, 4.69) is 12.1 Å². The molecule has 31 heavy (non-hydrogen) atoms. The number of amides is 2. The van der Waals surface area contributed by atoms with Crippen LogP contribution in [-0.2, 0) is 30.6 Å².